The summed E-state index contributed by atoms with van der Waals surface area (Å²) >= 11 is 9.57. The molecule has 2 aromatic heterocycles. The molecule has 5 aromatic rings. The Morgan fingerprint density at radius 2 is 1.70 bits per heavy atom. The van der Waals surface area contributed by atoms with E-state index in [0.29, 0.717) is 56.9 Å². The zero-order chi connectivity index (χ0) is 30.0. The Hall–Kier alpha value is -4.28. The third kappa shape index (κ3) is 4.65. The SMILES string of the molecule is CC1(C)CC(=O)C2=C(C1)n1c(=O)c3ccccc3c(=O)n1C2c1cc(Br)ccc1OCc1cn(-c2ccc(Cl)cc2)nn1. The molecule has 43 heavy (non-hydrogen) atoms. The highest BCUT2D eigenvalue weighted by Crippen LogP contribution is 2.48. The Balaban J connectivity index is 1.35. The quantitative estimate of drug-likeness (QED) is 0.232. The maximum atomic E-state index is 14.1. The van der Waals surface area contributed by atoms with Crippen molar-refractivity contribution in [2.24, 2.45) is 5.41 Å². The van der Waals surface area contributed by atoms with Crippen molar-refractivity contribution in [1.29, 1.82) is 0 Å². The predicted molar refractivity (Wildman–Crippen MR) is 167 cm³/mol. The van der Waals surface area contributed by atoms with Crippen LogP contribution in [0.5, 0.6) is 5.75 Å². The molecule has 0 fully saturated rings. The number of halogens is 2. The fraction of sp³-hybridized carbons (Fsp3) is 0.219. The molecule has 0 saturated carbocycles. The minimum Gasteiger partial charge on any atom is -0.487 e. The molecule has 9 nitrogen and oxygen atoms in total. The highest BCUT2D eigenvalue weighted by molar-refractivity contribution is 9.10. The largest absolute Gasteiger partial charge is 0.487 e. The first-order chi connectivity index (χ1) is 20.6. The van der Waals surface area contributed by atoms with Crippen molar-refractivity contribution >= 4 is 49.8 Å². The number of benzene rings is 3. The van der Waals surface area contributed by atoms with E-state index < -0.39 is 6.04 Å². The second-order valence-corrected chi connectivity index (χ2v) is 13.0. The van der Waals surface area contributed by atoms with Crippen LogP contribution in [-0.2, 0) is 11.4 Å². The number of allylic oxidation sites excluding steroid dienone is 2. The first-order valence-corrected chi connectivity index (χ1v) is 14.9. The molecule has 0 bridgehead atoms. The van der Waals surface area contributed by atoms with Crippen molar-refractivity contribution in [3.05, 3.63) is 120 Å². The van der Waals surface area contributed by atoms with Gasteiger partial charge in [0.05, 0.1) is 28.4 Å². The second kappa shape index (κ2) is 10.2. The van der Waals surface area contributed by atoms with Crippen LogP contribution in [0.25, 0.3) is 22.2 Å². The number of fused-ring (bicyclic) bond motifs is 3. The number of ketones is 1. The van der Waals surface area contributed by atoms with Crippen molar-refractivity contribution in [1.82, 2.24) is 24.4 Å². The van der Waals surface area contributed by atoms with Crippen LogP contribution < -0.4 is 15.9 Å². The van der Waals surface area contributed by atoms with E-state index >= 15 is 0 Å². The number of ether oxygens (including phenoxy) is 1. The Morgan fingerprint density at radius 1 is 0.977 bits per heavy atom. The highest BCUT2D eigenvalue weighted by atomic mass is 79.9. The molecule has 1 unspecified atom stereocenters. The summed E-state index contributed by atoms with van der Waals surface area (Å²) in [6.07, 6.45) is 2.54. The molecule has 7 rings (SSSR count). The molecule has 0 N–H and O–H groups in total. The average Bonchev–Trinajstić information content (AvgIpc) is 3.58. The summed E-state index contributed by atoms with van der Waals surface area (Å²) in [7, 11) is 0. The predicted octanol–water partition coefficient (Wildman–Crippen LogP) is 5.94. The van der Waals surface area contributed by atoms with Gasteiger partial charge in [0.2, 0.25) is 0 Å². The topological polar surface area (TPSA) is 101 Å². The summed E-state index contributed by atoms with van der Waals surface area (Å²) in [4.78, 5) is 41.8. The lowest BCUT2D eigenvalue weighted by Gasteiger charge is -2.30. The number of nitrogens with zero attached hydrogens (tertiary/aromatic N) is 5. The Morgan fingerprint density at radius 3 is 2.44 bits per heavy atom. The van der Waals surface area contributed by atoms with E-state index in [1.807, 2.05) is 38.1 Å². The van der Waals surface area contributed by atoms with Gasteiger partial charge in [0.25, 0.3) is 11.1 Å². The maximum Gasteiger partial charge on any atom is 0.277 e. The van der Waals surface area contributed by atoms with E-state index in [1.165, 1.54) is 9.36 Å². The smallest absolute Gasteiger partial charge is 0.277 e. The van der Waals surface area contributed by atoms with Crippen LogP contribution in [0.3, 0.4) is 0 Å². The van der Waals surface area contributed by atoms with E-state index in [2.05, 4.69) is 26.2 Å². The summed E-state index contributed by atoms with van der Waals surface area (Å²) in [6.45, 7) is 4.09. The summed E-state index contributed by atoms with van der Waals surface area (Å²) in [5.74, 6) is 0.367. The summed E-state index contributed by atoms with van der Waals surface area (Å²) in [5, 5.41) is 9.69. The summed E-state index contributed by atoms with van der Waals surface area (Å²) < 4.78 is 11.5. The Kier molecular flexibility index (Phi) is 6.51. The van der Waals surface area contributed by atoms with Gasteiger partial charge < -0.3 is 4.74 Å². The fourth-order valence-corrected chi connectivity index (χ4v) is 6.58. The zero-order valence-electron chi connectivity index (χ0n) is 23.3. The molecule has 1 aliphatic heterocycles. The molecule has 11 heteroatoms. The van der Waals surface area contributed by atoms with Crippen molar-refractivity contribution < 1.29 is 9.53 Å². The standard InChI is InChI=1S/C32H25BrClN5O4/c1-32(2)14-25-28(26(40)15-32)29(39-31(42)23-6-4-3-5-22(23)30(41)38(25)39)24-13-18(33)7-12-27(24)43-17-20-16-37(36-35-20)21-10-8-19(34)9-11-21/h3-13,16,29H,14-15,17H2,1-2H3. The van der Waals surface area contributed by atoms with Crippen LogP contribution in [0.2, 0.25) is 5.02 Å². The fourth-order valence-electron chi connectivity index (χ4n) is 6.08. The average molecular weight is 659 g/mol. The molecule has 0 spiro atoms. The highest BCUT2D eigenvalue weighted by Gasteiger charge is 2.45. The number of carbonyl (C=O) groups is 1. The van der Waals surface area contributed by atoms with Crippen molar-refractivity contribution in [3.8, 4) is 11.4 Å². The molecular formula is C32H25BrClN5O4. The Bertz CT molecular complexity index is 2110. The van der Waals surface area contributed by atoms with Gasteiger partial charge in [-0.2, -0.15) is 0 Å². The number of hydrogen-bond donors (Lipinski definition) is 0. The van der Waals surface area contributed by atoms with Crippen molar-refractivity contribution in [2.75, 3.05) is 0 Å². The minimum atomic E-state index is -0.847. The van der Waals surface area contributed by atoms with E-state index in [0.717, 1.165) is 10.2 Å². The third-order valence-electron chi connectivity index (χ3n) is 7.95. The maximum absolute atomic E-state index is 14.1. The van der Waals surface area contributed by atoms with Crippen LogP contribution >= 0.6 is 27.5 Å². The van der Waals surface area contributed by atoms with E-state index in [4.69, 9.17) is 16.3 Å². The van der Waals surface area contributed by atoms with Crippen LogP contribution in [0.4, 0.5) is 0 Å². The van der Waals surface area contributed by atoms with Gasteiger partial charge >= 0.3 is 0 Å². The first-order valence-electron chi connectivity index (χ1n) is 13.7. The lowest BCUT2D eigenvalue weighted by Crippen LogP contribution is -2.37. The number of rotatable bonds is 5. The zero-order valence-corrected chi connectivity index (χ0v) is 25.6. The molecule has 0 amide bonds. The monoisotopic (exact) mass is 657 g/mol. The van der Waals surface area contributed by atoms with Gasteiger partial charge in [-0.05, 0) is 66.4 Å². The summed E-state index contributed by atoms with van der Waals surface area (Å²) in [5.41, 5.74) is 1.92. The van der Waals surface area contributed by atoms with Crippen LogP contribution in [0.1, 0.15) is 44.0 Å². The van der Waals surface area contributed by atoms with Gasteiger partial charge in [-0.25, -0.2) is 14.0 Å². The van der Waals surface area contributed by atoms with Crippen molar-refractivity contribution in [2.45, 2.75) is 39.3 Å². The van der Waals surface area contributed by atoms with Gasteiger partial charge in [0.1, 0.15) is 24.1 Å². The van der Waals surface area contributed by atoms with Crippen LogP contribution in [0, 0.1) is 5.41 Å². The van der Waals surface area contributed by atoms with E-state index in [-0.39, 0.29) is 28.9 Å². The normalized spacial score (nSPS) is 17.3. The molecule has 3 heterocycles. The minimum absolute atomic E-state index is 0.0846. The lowest BCUT2D eigenvalue weighted by atomic mass is 9.74. The molecule has 1 atom stereocenters. The number of carbonyl (C=O) groups excluding carboxylic acids is 1. The van der Waals surface area contributed by atoms with Gasteiger partial charge in [0.15, 0.2) is 5.78 Å². The van der Waals surface area contributed by atoms with Crippen molar-refractivity contribution in [3.63, 3.8) is 0 Å². The van der Waals surface area contributed by atoms with E-state index in [9.17, 15) is 14.4 Å². The third-order valence-corrected chi connectivity index (χ3v) is 8.69. The Labute approximate surface area is 259 Å². The summed E-state index contributed by atoms with van der Waals surface area (Å²) in [6, 6.07) is 18.6. The molecule has 216 valence electrons. The van der Waals surface area contributed by atoms with Crippen LogP contribution in [0.15, 0.2) is 92.6 Å². The first kappa shape index (κ1) is 27.5. The molecule has 1 aliphatic carbocycles. The van der Waals surface area contributed by atoms with E-state index in [1.54, 1.807) is 53.3 Å². The molecule has 3 aromatic carbocycles. The van der Waals surface area contributed by atoms with Gasteiger partial charge in [0, 0.05) is 27.1 Å². The second-order valence-electron chi connectivity index (χ2n) is 11.6. The molecule has 0 saturated heterocycles. The van der Waals surface area contributed by atoms with Crippen LogP contribution in [-0.4, -0.2) is 30.1 Å². The molecular weight excluding hydrogens is 634 g/mol. The van der Waals surface area contributed by atoms with Gasteiger partial charge in [-0.3, -0.25) is 14.4 Å². The van der Waals surface area contributed by atoms with Gasteiger partial charge in [-0.1, -0.05) is 58.7 Å². The number of hydrogen-bond acceptors (Lipinski definition) is 6. The van der Waals surface area contributed by atoms with Gasteiger partial charge in [-0.15, -0.1) is 5.10 Å². The number of Topliss-reactive ketones (excluding diaryl/α,β-unsaturated/α-hetero) is 1. The number of aromatic nitrogens is 5. The molecule has 0 radical (unpaired) electrons. The lowest BCUT2D eigenvalue weighted by molar-refractivity contribution is -0.118. The molecule has 2 aliphatic rings.